The molecule has 280 valence electrons. The molecule has 0 aromatic carbocycles. The molecule has 0 amide bonds. The third-order valence-corrected chi connectivity index (χ3v) is 9.91. The summed E-state index contributed by atoms with van der Waals surface area (Å²) in [5.74, 6) is 1.45. The first kappa shape index (κ1) is 46.5. The summed E-state index contributed by atoms with van der Waals surface area (Å²) in [4.78, 5) is 27.1. The van der Waals surface area contributed by atoms with Gasteiger partial charge < -0.3 is 4.90 Å². The zero-order valence-electron chi connectivity index (χ0n) is 33.0. The number of carbonyl (C=O) groups is 2. The SMILES string of the molecule is C=C(CCCCN(C)C)C(CCCCCC(=O)CC/C=C\CCCCCCCC)CCCCCC(=O)CC/C=C/CCCCCCCC. The van der Waals surface area contributed by atoms with Crippen LogP contribution in [-0.4, -0.2) is 37.1 Å². The molecule has 3 heteroatoms. The summed E-state index contributed by atoms with van der Waals surface area (Å²) in [6.45, 7) is 10.2. The van der Waals surface area contributed by atoms with Gasteiger partial charge in [0.05, 0.1) is 0 Å². The van der Waals surface area contributed by atoms with Crippen LogP contribution in [0.5, 0.6) is 0 Å². The van der Waals surface area contributed by atoms with E-state index in [1.54, 1.807) is 0 Å². The molecule has 0 saturated heterocycles. The van der Waals surface area contributed by atoms with E-state index in [1.807, 2.05) is 0 Å². The lowest BCUT2D eigenvalue weighted by atomic mass is 9.86. The molecule has 0 spiro atoms. The second-order valence-electron chi connectivity index (χ2n) is 15.0. The van der Waals surface area contributed by atoms with Crippen LogP contribution in [0.3, 0.4) is 0 Å². The number of nitrogens with zero attached hydrogens (tertiary/aromatic N) is 1. The molecule has 0 aliphatic rings. The molecule has 0 rings (SSSR count). The van der Waals surface area contributed by atoms with Crippen molar-refractivity contribution in [1.29, 1.82) is 0 Å². The van der Waals surface area contributed by atoms with Gasteiger partial charge in [-0.15, -0.1) is 0 Å². The quantitative estimate of drug-likeness (QED) is 0.0485. The first-order valence-electron chi connectivity index (χ1n) is 21.1. The maximum absolute atomic E-state index is 12.4. The molecular weight excluding hydrogens is 587 g/mol. The average molecular weight is 670 g/mol. The highest BCUT2D eigenvalue weighted by molar-refractivity contribution is 5.78. The molecule has 0 radical (unpaired) electrons. The molecule has 1 unspecified atom stereocenters. The van der Waals surface area contributed by atoms with Gasteiger partial charge in [-0.3, -0.25) is 9.59 Å². The maximum atomic E-state index is 12.4. The van der Waals surface area contributed by atoms with Gasteiger partial charge in [0.2, 0.25) is 0 Å². The largest absolute Gasteiger partial charge is 0.309 e. The lowest BCUT2D eigenvalue weighted by Crippen LogP contribution is -2.13. The molecule has 0 fully saturated rings. The fraction of sp³-hybridized carbons (Fsp3) is 0.822. The lowest BCUT2D eigenvalue weighted by molar-refractivity contribution is -0.119. The summed E-state index contributed by atoms with van der Waals surface area (Å²) in [7, 11) is 4.30. The van der Waals surface area contributed by atoms with Crippen LogP contribution in [0.4, 0.5) is 0 Å². The average Bonchev–Trinajstić information content (AvgIpc) is 3.06. The van der Waals surface area contributed by atoms with Crippen LogP contribution in [0.1, 0.15) is 213 Å². The first-order valence-corrected chi connectivity index (χ1v) is 21.1. The Balaban J connectivity index is 4.19. The van der Waals surface area contributed by atoms with Crippen molar-refractivity contribution in [2.24, 2.45) is 5.92 Å². The van der Waals surface area contributed by atoms with Crippen LogP contribution in [0.2, 0.25) is 0 Å². The number of ketones is 2. The Hall–Kier alpha value is -1.48. The van der Waals surface area contributed by atoms with Crippen molar-refractivity contribution in [3.63, 3.8) is 0 Å². The number of rotatable bonds is 38. The van der Waals surface area contributed by atoms with Crippen molar-refractivity contribution in [2.45, 2.75) is 213 Å². The van der Waals surface area contributed by atoms with Gasteiger partial charge in [-0.1, -0.05) is 140 Å². The minimum absolute atomic E-state index is 0.430. The highest BCUT2D eigenvalue weighted by atomic mass is 16.1. The van der Waals surface area contributed by atoms with Crippen LogP contribution >= 0.6 is 0 Å². The standard InChI is InChI=1S/C45H83NO2/c1-6-8-10-12-14-16-18-20-22-28-37-44(47)39-30-24-26-35-43(42(3)34-32-33-41-46(4)5)36-27-25-31-40-45(48)38-29-23-21-19-17-15-13-11-9-7-2/h20-23,43H,3,6-19,24-41H2,1-2,4-5H3/b22-20-,23-21+. The Morgan fingerprint density at radius 3 is 1.33 bits per heavy atom. The van der Waals surface area contributed by atoms with Crippen LogP contribution in [-0.2, 0) is 9.59 Å². The minimum atomic E-state index is 0.430. The van der Waals surface area contributed by atoms with E-state index >= 15 is 0 Å². The Morgan fingerprint density at radius 2 is 0.875 bits per heavy atom. The molecule has 0 aliphatic carbocycles. The third kappa shape index (κ3) is 34.4. The van der Waals surface area contributed by atoms with E-state index in [9.17, 15) is 9.59 Å². The van der Waals surface area contributed by atoms with E-state index in [1.165, 1.54) is 121 Å². The lowest BCUT2D eigenvalue weighted by Gasteiger charge is -2.20. The molecule has 0 heterocycles. The second kappa shape index (κ2) is 36.8. The fourth-order valence-electron chi connectivity index (χ4n) is 6.61. The van der Waals surface area contributed by atoms with Crippen molar-refractivity contribution in [3.8, 4) is 0 Å². The summed E-state index contributed by atoms with van der Waals surface area (Å²) in [6.07, 6.45) is 44.9. The normalized spacial score (nSPS) is 12.5. The highest BCUT2D eigenvalue weighted by Gasteiger charge is 2.13. The monoisotopic (exact) mass is 670 g/mol. The Bertz CT molecular complexity index is 743. The van der Waals surface area contributed by atoms with Crippen LogP contribution in [0.25, 0.3) is 0 Å². The topological polar surface area (TPSA) is 37.4 Å². The molecular formula is C45H83NO2. The van der Waals surface area contributed by atoms with Gasteiger partial charge >= 0.3 is 0 Å². The zero-order chi connectivity index (χ0) is 35.3. The van der Waals surface area contributed by atoms with Crippen LogP contribution in [0.15, 0.2) is 36.5 Å². The maximum Gasteiger partial charge on any atom is 0.133 e. The molecule has 0 N–H and O–H groups in total. The number of hydrogen-bond donors (Lipinski definition) is 0. The van der Waals surface area contributed by atoms with Gasteiger partial charge in [0.1, 0.15) is 11.6 Å². The Labute approximate surface area is 301 Å². The molecule has 0 aromatic rings. The van der Waals surface area contributed by atoms with E-state index in [-0.39, 0.29) is 0 Å². The number of allylic oxidation sites excluding steroid dienone is 5. The van der Waals surface area contributed by atoms with Crippen molar-refractivity contribution in [1.82, 2.24) is 4.90 Å². The van der Waals surface area contributed by atoms with Crippen LogP contribution < -0.4 is 0 Å². The predicted molar refractivity (Wildman–Crippen MR) is 214 cm³/mol. The van der Waals surface area contributed by atoms with Gasteiger partial charge in [-0.25, -0.2) is 0 Å². The second-order valence-corrected chi connectivity index (χ2v) is 15.0. The molecule has 48 heavy (non-hydrogen) atoms. The smallest absolute Gasteiger partial charge is 0.133 e. The summed E-state index contributed by atoms with van der Waals surface area (Å²) >= 11 is 0. The first-order chi connectivity index (χ1) is 23.4. The molecule has 0 aliphatic heterocycles. The molecule has 0 aromatic heterocycles. The predicted octanol–water partition coefficient (Wildman–Crippen LogP) is 14.1. The van der Waals surface area contributed by atoms with Crippen LogP contribution in [0, 0.1) is 5.92 Å². The number of carbonyl (C=O) groups excluding carboxylic acids is 2. The highest BCUT2D eigenvalue weighted by Crippen LogP contribution is 2.28. The Kier molecular flexibility index (Phi) is 35.7. The summed E-state index contributed by atoms with van der Waals surface area (Å²) in [5.41, 5.74) is 1.43. The molecule has 1 atom stereocenters. The molecule has 3 nitrogen and oxygen atoms in total. The summed E-state index contributed by atoms with van der Waals surface area (Å²) < 4.78 is 0. The van der Waals surface area contributed by atoms with Crippen molar-refractivity contribution < 1.29 is 9.59 Å². The molecule has 0 saturated carbocycles. The van der Waals surface area contributed by atoms with Gasteiger partial charge in [0, 0.05) is 25.7 Å². The van der Waals surface area contributed by atoms with Crippen molar-refractivity contribution >= 4 is 11.6 Å². The van der Waals surface area contributed by atoms with Gasteiger partial charge in [-0.2, -0.15) is 0 Å². The Morgan fingerprint density at radius 1 is 0.479 bits per heavy atom. The minimum Gasteiger partial charge on any atom is -0.309 e. The van der Waals surface area contributed by atoms with Gasteiger partial charge in [0.15, 0.2) is 0 Å². The van der Waals surface area contributed by atoms with Crippen molar-refractivity contribution in [3.05, 3.63) is 36.5 Å². The summed E-state index contributed by atoms with van der Waals surface area (Å²) in [5, 5.41) is 0. The van der Waals surface area contributed by atoms with E-state index in [2.05, 4.69) is 63.7 Å². The van der Waals surface area contributed by atoms with Crippen molar-refractivity contribution in [2.75, 3.05) is 20.6 Å². The number of hydrogen-bond acceptors (Lipinski definition) is 3. The van der Waals surface area contributed by atoms with E-state index in [0.717, 1.165) is 77.2 Å². The van der Waals surface area contributed by atoms with E-state index in [4.69, 9.17) is 0 Å². The summed E-state index contributed by atoms with van der Waals surface area (Å²) in [6, 6.07) is 0. The van der Waals surface area contributed by atoms with E-state index < -0.39 is 0 Å². The third-order valence-electron chi connectivity index (χ3n) is 9.91. The fourth-order valence-corrected chi connectivity index (χ4v) is 6.61. The zero-order valence-corrected chi connectivity index (χ0v) is 33.0. The van der Waals surface area contributed by atoms with Gasteiger partial charge in [0.25, 0.3) is 0 Å². The molecule has 0 bridgehead atoms. The van der Waals surface area contributed by atoms with Gasteiger partial charge in [-0.05, 0) is 110 Å². The van der Waals surface area contributed by atoms with E-state index in [0.29, 0.717) is 30.3 Å². The number of unbranched alkanes of at least 4 members (excludes halogenated alkanes) is 17. The number of Topliss-reactive ketones (excluding diaryl/α,β-unsaturated/α-hetero) is 2.